The zero-order valence-corrected chi connectivity index (χ0v) is 18.1. The van der Waals surface area contributed by atoms with Gasteiger partial charge in [0.05, 0.1) is 19.9 Å². The Labute approximate surface area is 186 Å². The SMILES string of the molecule is COc1cc(NC(=O)CN2C(=O)[C@@](O)(c3ccc(C)cc3)c3ccccc32)cc(OC)c1. The van der Waals surface area contributed by atoms with Gasteiger partial charge in [-0.1, -0.05) is 48.0 Å². The van der Waals surface area contributed by atoms with Crippen molar-refractivity contribution in [2.45, 2.75) is 12.5 Å². The number of aryl methyl sites for hydroxylation is 1. The fourth-order valence-electron chi connectivity index (χ4n) is 3.89. The fourth-order valence-corrected chi connectivity index (χ4v) is 3.89. The number of benzene rings is 3. The van der Waals surface area contributed by atoms with E-state index < -0.39 is 17.4 Å². The number of carbonyl (C=O) groups is 2. The van der Waals surface area contributed by atoms with E-state index in [9.17, 15) is 14.7 Å². The van der Waals surface area contributed by atoms with Crippen molar-refractivity contribution in [2.75, 3.05) is 31.0 Å². The second-order valence-corrected chi connectivity index (χ2v) is 7.63. The Morgan fingerprint density at radius 1 is 1.00 bits per heavy atom. The normalized spacial score (nSPS) is 17.1. The van der Waals surface area contributed by atoms with Crippen molar-refractivity contribution in [3.05, 3.63) is 83.4 Å². The molecule has 0 aromatic heterocycles. The van der Waals surface area contributed by atoms with Gasteiger partial charge in [-0.2, -0.15) is 0 Å². The largest absolute Gasteiger partial charge is 0.497 e. The Kier molecular flexibility index (Phi) is 5.59. The van der Waals surface area contributed by atoms with Crippen LogP contribution < -0.4 is 19.7 Å². The molecule has 0 fully saturated rings. The number of nitrogens with one attached hydrogen (secondary N) is 1. The highest BCUT2D eigenvalue weighted by Crippen LogP contribution is 2.44. The molecule has 2 N–H and O–H groups in total. The van der Waals surface area contributed by atoms with E-state index in [-0.39, 0.29) is 6.54 Å². The zero-order chi connectivity index (χ0) is 22.9. The van der Waals surface area contributed by atoms with Crippen LogP contribution in [0.25, 0.3) is 0 Å². The number of methoxy groups -OCH3 is 2. The summed E-state index contributed by atoms with van der Waals surface area (Å²) in [5.41, 5.74) is 1.04. The van der Waals surface area contributed by atoms with Gasteiger partial charge in [-0.15, -0.1) is 0 Å². The van der Waals surface area contributed by atoms with Gasteiger partial charge in [-0.25, -0.2) is 0 Å². The number of rotatable bonds is 6. The summed E-state index contributed by atoms with van der Waals surface area (Å²) in [6.45, 7) is 1.67. The van der Waals surface area contributed by atoms with Crippen LogP contribution in [0.5, 0.6) is 11.5 Å². The average molecular weight is 432 g/mol. The summed E-state index contributed by atoms with van der Waals surface area (Å²) >= 11 is 0. The number of para-hydroxylation sites is 1. The third kappa shape index (κ3) is 3.67. The smallest absolute Gasteiger partial charge is 0.268 e. The van der Waals surface area contributed by atoms with Crippen molar-refractivity contribution < 1.29 is 24.2 Å². The van der Waals surface area contributed by atoms with Crippen LogP contribution in [0, 0.1) is 6.92 Å². The molecule has 7 heteroatoms. The second kappa shape index (κ2) is 8.36. The maximum Gasteiger partial charge on any atom is 0.268 e. The highest BCUT2D eigenvalue weighted by molar-refractivity contribution is 6.12. The first-order valence-electron chi connectivity index (χ1n) is 10.1. The maximum atomic E-state index is 13.4. The summed E-state index contributed by atoms with van der Waals surface area (Å²) < 4.78 is 10.5. The van der Waals surface area contributed by atoms with Gasteiger partial charge in [0.2, 0.25) is 5.91 Å². The second-order valence-electron chi connectivity index (χ2n) is 7.63. The van der Waals surface area contributed by atoms with Crippen LogP contribution in [0.4, 0.5) is 11.4 Å². The quantitative estimate of drug-likeness (QED) is 0.624. The molecule has 0 saturated heterocycles. The van der Waals surface area contributed by atoms with E-state index in [0.29, 0.717) is 34.0 Å². The molecular weight excluding hydrogens is 408 g/mol. The number of anilines is 2. The number of fused-ring (bicyclic) bond motifs is 1. The first-order valence-corrected chi connectivity index (χ1v) is 10.1. The van der Waals surface area contributed by atoms with E-state index in [1.54, 1.807) is 54.6 Å². The highest BCUT2D eigenvalue weighted by atomic mass is 16.5. The first-order chi connectivity index (χ1) is 15.4. The molecule has 32 heavy (non-hydrogen) atoms. The minimum Gasteiger partial charge on any atom is -0.497 e. The Morgan fingerprint density at radius 3 is 2.25 bits per heavy atom. The summed E-state index contributed by atoms with van der Waals surface area (Å²) in [6, 6.07) is 19.1. The van der Waals surface area contributed by atoms with Gasteiger partial charge in [0.15, 0.2) is 5.60 Å². The van der Waals surface area contributed by atoms with Crippen molar-refractivity contribution >= 4 is 23.2 Å². The minimum absolute atomic E-state index is 0.260. The number of carbonyl (C=O) groups excluding carboxylic acids is 2. The number of aliphatic hydroxyl groups is 1. The molecule has 2 amide bonds. The Hall–Kier alpha value is -3.84. The lowest BCUT2D eigenvalue weighted by atomic mass is 9.87. The molecule has 0 spiro atoms. The topological polar surface area (TPSA) is 88.1 Å². The van der Waals surface area contributed by atoms with Crippen molar-refractivity contribution in [3.8, 4) is 11.5 Å². The van der Waals surface area contributed by atoms with Gasteiger partial charge >= 0.3 is 0 Å². The molecule has 0 bridgehead atoms. The van der Waals surface area contributed by atoms with Crippen molar-refractivity contribution in [1.82, 2.24) is 0 Å². The fraction of sp³-hybridized carbons (Fsp3) is 0.200. The number of nitrogens with zero attached hydrogens (tertiary/aromatic N) is 1. The van der Waals surface area contributed by atoms with E-state index in [1.165, 1.54) is 19.1 Å². The van der Waals surface area contributed by atoms with Crippen molar-refractivity contribution in [2.24, 2.45) is 0 Å². The molecule has 164 valence electrons. The molecular formula is C25H24N2O5. The summed E-state index contributed by atoms with van der Waals surface area (Å²) in [4.78, 5) is 27.6. The molecule has 0 unspecified atom stereocenters. The lowest BCUT2D eigenvalue weighted by molar-refractivity contribution is -0.133. The van der Waals surface area contributed by atoms with E-state index in [1.807, 2.05) is 19.1 Å². The number of ether oxygens (including phenoxy) is 2. The van der Waals surface area contributed by atoms with Crippen molar-refractivity contribution in [1.29, 1.82) is 0 Å². The van der Waals surface area contributed by atoms with Gasteiger partial charge in [-0.05, 0) is 18.6 Å². The van der Waals surface area contributed by atoms with E-state index in [0.717, 1.165) is 5.56 Å². The molecule has 1 aliphatic heterocycles. The first kappa shape index (κ1) is 21.4. The van der Waals surface area contributed by atoms with Crippen LogP contribution in [0.2, 0.25) is 0 Å². The van der Waals surface area contributed by atoms with Crippen LogP contribution in [0.3, 0.4) is 0 Å². The van der Waals surface area contributed by atoms with Gasteiger partial charge in [-0.3, -0.25) is 14.5 Å². The molecule has 4 rings (SSSR count). The Balaban J connectivity index is 1.63. The number of hydrogen-bond acceptors (Lipinski definition) is 5. The predicted molar refractivity (Wildman–Crippen MR) is 121 cm³/mol. The molecule has 1 heterocycles. The number of hydrogen-bond donors (Lipinski definition) is 2. The molecule has 3 aromatic rings. The van der Waals surface area contributed by atoms with Crippen LogP contribution in [-0.2, 0) is 15.2 Å². The van der Waals surface area contributed by atoms with E-state index in [2.05, 4.69) is 5.32 Å². The minimum atomic E-state index is -1.86. The molecule has 3 aromatic carbocycles. The van der Waals surface area contributed by atoms with Gasteiger partial charge in [0, 0.05) is 29.4 Å². The van der Waals surface area contributed by atoms with E-state index >= 15 is 0 Å². The molecule has 0 radical (unpaired) electrons. The average Bonchev–Trinajstić information content (AvgIpc) is 3.02. The maximum absolute atomic E-state index is 13.4. The highest BCUT2D eigenvalue weighted by Gasteiger charge is 2.51. The molecule has 1 atom stereocenters. The van der Waals surface area contributed by atoms with Gasteiger partial charge in [0.1, 0.15) is 18.0 Å². The Bertz CT molecular complexity index is 1150. The van der Waals surface area contributed by atoms with Gasteiger partial charge in [0.25, 0.3) is 5.91 Å². The third-order valence-corrected chi connectivity index (χ3v) is 5.55. The van der Waals surface area contributed by atoms with Crippen LogP contribution >= 0.6 is 0 Å². The molecule has 1 aliphatic rings. The van der Waals surface area contributed by atoms with Crippen molar-refractivity contribution in [3.63, 3.8) is 0 Å². The van der Waals surface area contributed by atoms with E-state index in [4.69, 9.17) is 9.47 Å². The molecule has 0 saturated carbocycles. The van der Waals surface area contributed by atoms with Crippen LogP contribution in [-0.4, -0.2) is 37.7 Å². The molecule has 7 nitrogen and oxygen atoms in total. The summed E-state index contributed by atoms with van der Waals surface area (Å²) in [5, 5.41) is 14.3. The lowest BCUT2D eigenvalue weighted by Gasteiger charge is -2.23. The lowest BCUT2D eigenvalue weighted by Crippen LogP contribution is -2.44. The standard InChI is InChI=1S/C25H24N2O5/c1-16-8-10-17(11-9-16)25(30)21-6-4-5-7-22(21)27(24(25)29)15-23(28)26-18-12-19(31-2)14-20(13-18)32-3/h4-14,30H,15H2,1-3H3,(H,26,28)/t25-/m1/s1. The Morgan fingerprint density at radius 2 is 1.62 bits per heavy atom. The summed E-state index contributed by atoms with van der Waals surface area (Å²) in [5.74, 6) is 0.0597. The summed E-state index contributed by atoms with van der Waals surface area (Å²) in [6.07, 6.45) is 0. The third-order valence-electron chi connectivity index (χ3n) is 5.55. The van der Waals surface area contributed by atoms with Crippen LogP contribution in [0.1, 0.15) is 16.7 Å². The summed E-state index contributed by atoms with van der Waals surface area (Å²) in [7, 11) is 3.04. The monoisotopic (exact) mass is 432 g/mol. The van der Waals surface area contributed by atoms with Gasteiger partial charge < -0.3 is 19.9 Å². The van der Waals surface area contributed by atoms with Crippen LogP contribution in [0.15, 0.2) is 66.7 Å². The number of amides is 2. The molecule has 0 aliphatic carbocycles. The zero-order valence-electron chi connectivity index (χ0n) is 18.1. The predicted octanol–water partition coefficient (Wildman–Crippen LogP) is 3.23.